The number of halogens is 2. The van der Waals surface area contributed by atoms with E-state index < -0.39 is 23.6 Å². The molecule has 1 aliphatic heterocycles. The highest BCUT2D eigenvalue weighted by atomic mass is 19.1. The minimum absolute atomic E-state index is 0.0657. The molecule has 0 saturated carbocycles. The molecule has 1 fully saturated rings. The lowest BCUT2D eigenvalue weighted by Gasteiger charge is -2.24. The number of rotatable bonds is 3. The summed E-state index contributed by atoms with van der Waals surface area (Å²) in [5.41, 5.74) is 0.512. The van der Waals surface area contributed by atoms with Gasteiger partial charge in [-0.1, -0.05) is 12.1 Å². The highest BCUT2D eigenvalue weighted by Gasteiger charge is 2.37. The topological polar surface area (TPSA) is 49.4 Å². The second-order valence-electron chi connectivity index (χ2n) is 5.26. The van der Waals surface area contributed by atoms with Gasteiger partial charge < -0.3 is 5.32 Å². The van der Waals surface area contributed by atoms with E-state index in [0.29, 0.717) is 12.1 Å². The fourth-order valence-electron chi connectivity index (χ4n) is 2.64. The lowest BCUT2D eigenvalue weighted by Crippen LogP contribution is -2.41. The third-order valence-corrected chi connectivity index (χ3v) is 3.75. The summed E-state index contributed by atoms with van der Waals surface area (Å²) in [7, 11) is 0. The van der Waals surface area contributed by atoms with Crippen molar-refractivity contribution in [1.29, 1.82) is 0 Å². The zero-order valence-corrected chi connectivity index (χ0v) is 12.1. The molecular formula is C17H14F2N2O2. The fourth-order valence-corrected chi connectivity index (χ4v) is 2.64. The molecule has 1 heterocycles. The van der Waals surface area contributed by atoms with E-state index in [0.717, 1.165) is 0 Å². The summed E-state index contributed by atoms with van der Waals surface area (Å²) in [4.78, 5) is 25.8. The number of benzene rings is 2. The summed E-state index contributed by atoms with van der Waals surface area (Å²) < 4.78 is 26.7. The van der Waals surface area contributed by atoms with Crippen LogP contribution in [0.15, 0.2) is 48.5 Å². The van der Waals surface area contributed by atoms with Crippen molar-refractivity contribution in [2.45, 2.75) is 18.9 Å². The first-order valence-corrected chi connectivity index (χ1v) is 7.19. The van der Waals surface area contributed by atoms with Crippen molar-refractivity contribution in [3.63, 3.8) is 0 Å². The molecular weight excluding hydrogens is 302 g/mol. The Hall–Kier alpha value is -2.76. The summed E-state index contributed by atoms with van der Waals surface area (Å²) in [6, 6.07) is 10.4. The van der Waals surface area contributed by atoms with Crippen molar-refractivity contribution < 1.29 is 18.4 Å². The molecule has 0 spiro atoms. The van der Waals surface area contributed by atoms with Crippen molar-refractivity contribution in [2.24, 2.45) is 0 Å². The second-order valence-corrected chi connectivity index (χ2v) is 5.26. The van der Waals surface area contributed by atoms with Crippen LogP contribution in [0, 0.1) is 11.6 Å². The third-order valence-electron chi connectivity index (χ3n) is 3.75. The van der Waals surface area contributed by atoms with Crippen LogP contribution in [0.25, 0.3) is 0 Å². The molecule has 1 unspecified atom stereocenters. The number of hydrogen-bond acceptors (Lipinski definition) is 2. The van der Waals surface area contributed by atoms with Gasteiger partial charge in [-0.05, 0) is 42.8 Å². The maximum atomic E-state index is 13.6. The number of carbonyl (C=O) groups excluding carboxylic acids is 2. The Morgan fingerprint density at radius 2 is 1.78 bits per heavy atom. The van der Waals surface area contributed by atoms with Crippen molar-refractivity contribution in [3.8, 4) is 0 Å². The smallest absolute Gasteiger partial charge is 0.247 e. The van der Waals surface area contributed by atoms with E-state index in [9.17, 15) is 18.4 Å². The zero-order chi connectivity index (χ0) is 16.4. The van der Waals surface area contributed by atoms with Gasteiger partial charge in [0, 0.05) is 12.1 Å². The average molecular weight is 316 g/mol. The van der Waals surface area contributed by atoms with Crippen molar-refractivity contribution in [1.82, 2.24) is 0 Å². The van der Waals surface area contributed by atoms with Crippen molar-refractivity contribution in [3.05, 3.63) is 60.2 Å². The molecule has 1 N–H and O–H groups in total. The first kappa shape index (κ1) is 15.1. The summed E-state index contributed by atoms with van der Waals surface area (Å²) in [5.74, 6) is -1.65. The second kappa shape index (κ2) is 6.16. The third kappa shape index (κ3) is 3.06. The fraction of sp³-hybridized carbons (Fsp3) is 0.176. The Labute approximate surface area is 131 Å². The Morgan fingerprint density at radius 3 is 2.48 bits per heavy atom. The number of amides is 2. The van der Waals surface area contributed by atoms with Gasteiger partial charge in [0.25, 0.3) is 0 Å². The lowest BCUT2D eigenvalue weighted by atomic mass is 10.2. The Kier molecular flexibility index (Phi) is 4.06. The number of nitrogens with zero attached hydrogens (tertiary/aromatic N) is 1. The van der Waals surface area contributed by atoms with Crippen LogP contribution < -0.4 is 10.2 Å². The number of para-hydroxylation sites is 1. The molecule has 118 valence electrons. The Morgan fingerprint density at radius 1 is 1.09 bits per heavy atom. The first-order chi connectivity index (χ1) is 11.1. The van der Waals surface area contributed by atoms with Gasteiger partial charge in [-0.15, -0.1) is 0 Å². The molecule has 2 amide bonds. The molecule has 0 aliphatic carbocycles. The van der Waals surface area contributed by atoms with E-state index in [4.69, 9.17) is 0 Å². The van der Waals surface area contributed by atoms with Crippen LogP contribution in [0.5, 0.6) is 0 Å². The standard InChI is InChI=1S/C17H14F2N2O2/c18-11-5-7-12(8-6-11)21-15(9-10-16(21)22)17(23)20-14-4-2-1-3-13(14)19/h1-8,15H,9-10H2,(H,20,23). The molecule has 23 heavy (non-hydrogen) atoms. The lowest BCUT2D eigenvalue weighted by molar-refractivity contribution is -0.120. The number of nitrogens with one attached hydrogen (secondary N) is 1. The van der Waals surface area contributed by atoms with Gasteiger partial charge in [0.05, 0.1) is 5.69 Å². The van der Waals surface area contributed by atoms with E-state index in [2.05, 4.69) is 5.32 Å². The first-order valence-electron chi connectivity index (χ1n) is 7.19. The van der Waals surface area contributed by atoms with E-state index in [1.165, 1.54) is 47.4 Å². The van der Waals surface area contributed by atoms with Crippen LogP contribution in [-0.4, -0.2) is 17.9 Å². The zero-order valence-electron chi connectivity index (χ0n) is 12.1. The summed E-state index contributed by atoms with van der Waals surface area (Å²) in [6.07, 6.45) is 0.545. The van der Waals surface area contributed by atoms with Crippen LogP contribution in [0.2, 0.25) is 0 Å². The molecule has 3 rings (SSSR count). The molecule has 1 atom stereocenters. The minimum Gasteiger partial charge on any atom is -0.322 e. The molecule has 1 saturated heterocycles. The minimum atomic E-state index is -0.743. The maximum Gasteiger partial charge on any atom is 0.247 e. The van der Waals surface area contributed by atoms with Crippen LogP contribution in [0.4, 0.5) is 20.2 Å². The molecule has 0 aromatic heterocycles. The molecule has 2 aromatic carbocycles. The largest absolute Gasteiger partial charge is 0.322 e. The summed E-state index contributed by atoms with van der Waals surface area (Å²) >= 11 is 0. The van der Waals surface area contributed by atoms with Crippen LogP contribution >= 0.6 is 0 Å². The van der Waals surface area contributed by atoms with Gasteiger partial charge in [-0.25, -0.2) is 8.78 Å². The van der Waals surface area contributed by atoms with E-state index in [1.807, 2.05) is 0 Å². The van der Waals surface area contributed by atoms with Crippen molar-refractivity contribution in [2.75, 3.05) is 10.2 Å². The van der Waals surface area contributed by atoms with Crippen LogP contribution in [0.1, 0.15) is 12.8 Å². The average Bonchev–Trinajstić information content (AvgIpc) is 2.92. The summed E-state index contributed by atoms with van der Waals surface area (Å²) in [6.45, 7) is 0. The maximum absolute atomic E-state index is 13.6. The van der Waals surface area contributed by atoms with Gasteiger partial charge >= 0.3 is 0 Å². The van der Waals surface area contributed by atoms with Crippen LogP contribution in [-0.2, 0) is 9.59 Å². The number of carbonyl (C=O) groups is 2. The summed E-state index contributed by atoms with van der Waals surface area (Å²) in [5, 5.41) is 2.50. The van der Waals surface area contributed by atoms with Gasteiger partial charge in [0.2, 0.25) is 11.8 Å². The van der Waals surface area contributed by atoms with E-state index >= 15 is 0 Å². The molecule has 6 heteroatoms. The van der Waals surface area contributed by atoms with Gasteiger partial charge in [0.15, 0.2) is 0 Å². The molecule has 0 bridgehead atoms. The molecule has 1 aliphatic rings. The number of hydrogen-bond donors (Lipinski definition) is 1. The quantitative estimate of drug-likeness (QED) is 0.946. The Bertz CT molecular complexity index is 747. The predicted molar refractivity (Wildman–Crippen MR) is 81.9 cm³/mol. The highest BCUT2D eigenvalue weighted by Crippen LogP contribution is 2.28. The van der Waals surface area contributed by atoms with Gasteiger partial charge in [-0.3, -0.25) is 14.5 Å². The normalized spacial score (nSPS) is 17.4. The number of anilines is 2. The molecule has 2 aromatic rings. The van der Waals surface area contributed by atoms with Crippen molar-refractivity contribution >= 4 is 23.2 Å². The van der Waals surface area contributed by atoms with Crippen LogP contribution in [0.3, 0.4) is 0 Å². The SMILES string of the molecule is O=C(Nc1ccccc1F)C1CCC(=O)N1c1ccc(F)cc1. The van der Waals surface area contributed by atoms with E-state index in [-0.39, 0.29) is 18.0 Å². The molecule has 0 radical (unpaired) electrons. The Balaban J connectivity index is 1.83. The predicted octanol–water partition coefficient (Wildman–Crippen LogP) is 3.10. The van der Waals surface area contributed by atoms with Gasteiger partial charge in [0.1, 0.15) is 17.7 Å². The van der Waals surface area contributed by atoms with Gasteiger partial charge in [-0.2, -0.15) is 0 Å². The molecule has 4 nitrogen and oxygen atoms in total. The highest BCUT2D eigenvalue weighted by molar-refractivity contribution is 6.07. The monoisotopic (exact) mass is 316 g/mol. The van der Waals surface area contributed by atoms with E-state index in [1.54, 1.807) is 6.07 Å².